The van der Waals surface area contributed by atoms with E-state index < -0.39 is 0 Å². The Hall–Kier alpha value is -1.31. The fraction of sp³-hybridized carbons (Fsp3) is 0.562. The van der Waals surface area contributed by atoms with Gasteiger partial charge in [-0.15, -0.1) is 0 Å². The van der Waals surface area contributed by atoms with E-state index in [1.54, 1.807) is 0 Å². The normalized spacial score (nSPS) is 20.4. The minimum atomic E-state index is -0.300. The number of carbonyl (C=O) groups is 1. The van der Waals surface area contributed by atoms with Gasteiger partial charge in [0, 0.05) is 6.08 Å². The molecule has 0 bridgehead atoms. The summed E-state index contributed by atoms with van der Waals surface area (Å²) in [5.41, 5.74) is 4.04. The van der Waals surface area contributed by atoms with Crippen molar-refractivity contribution in [2.75, 3.05) is 7.11 Å². The van der Waals surface area contributed by atoms with Gasteiger partial charge in [-0.1, -0.05) is 31.6 Å². The molecule has 2 nitrogen and oxygen atoms in total. The number of hydrogen-bond donors (Lipinski definition) is 0. The van der Waals surface area contributed by atoms with Crippen molar-refractivity contribution < 1.29 is 9.53 Å². The molecule has 0 fully saturated rings. The number of hydrogen-bond acceptors (Lipinski definition) is 2. The van der Waals surface area contributed by atoms with Gasteiger partial charge in [-0.25, -0.2) is 4.79 Å². The van der Waals surface area contributed by atoms with E-state index in [0.717, 1.165) is 5.57 Å². The first-order valence-electron chi connectivity index (χ1n) is 6.51. The Morgan fingerprint density at radius 2 is 2.06 bits per heavy atom. The van der Waals surface area contributed by atoms with E-state index in [-0.39, 0.29) is 11.4 Å². The molecule has 0 aromatic carbocycles. The van der Waals surface area contributed by atoms with Gasteiger partial charge in [0.2, 0.25) is 0 Å². The van der Waals surface area contributed by atoms with Gasteiger partial charge in [-0.3, -0.25) is 0 Å². The molecule has 0 amide bonds. The van der Waals surface area contributed by atoms with E-state index >= 15 is 0 Å². The highest BCUT2D eigenvalue weighted by molar-refractivity contribution is 5.83. The Morgan fingerprint density at radius 1 is 1.39 bits per heavy atom. The van der Waals surface area contributed by atoms with Gasteiger partial charge in [0.25, 0.3) is 0 Å². The molecular weight excluding hydrogens is 224 g/mol. The lowest BCUT2D eigenvalue weighted by molar-refractivity contribution is -0.134. The molecule has 0 atom stereocenters. The summed E-state index contributed by atoms with van der Waals surface area (Å²) in [5, 5.41) is 0. The quantitative estimate of drug-likeness (QED) is 0.425. The van der Waals surface area contributed by atoms with Crippen LogP contribution in [-0.2, 0) is 9.53 Å². The van der Waals surface area contributed by atoms with Crippen molar-refractivity contribution in [1.29, 1.82) is 0 Å². The van der Waals surface area contributed by atoms with Crippen molar-refractivity contribution in [3.05, 3.63) is 34.9 Å². The van der Waals surface area contributed by atoms with Crippen LogP contribution in [0.15, 0.2) is 34.9 Å². The molecule has 2 heteroatoms. The zero-order valence-electron chi connectivity index (χ0n) is 12.2. The minimum absolute atomic E-state index is 0.240. The van der Waals surface area contributed by atoms with Crippen LogP contribution in [0.3, 0.4) is 0 Å². The van der Waals surface area contributed by atoms with Crippen LogP contribution in [0.2, 0.25) is 0 Å². The Labute approximate surface area is 110 Å². The van der Waals surface area contributed by atoms with Crippen LogP contribution in [0.4, 0.5) is 0 Å². The standard InChI is InChI=1S/C16H24O2/c1-12(11-15(17)18-5)8-9-14-13(2)7-6-10-16(14,3)4/h8-9,11H,6-7,10H2,1-5H3/b9-8+,12-11-. The van der Waals surface area contributed by atoms with Crippen molar-refractivity contribution in [1.82, 2.24) is 0 Å². The van der Waals surface area contributed by atoms with Crippen LogP contribution >= 0.6 is 0 Å². The minimum Gasteiger partial charge on any atom is -0.466 e. The zero-order chi connectivity index (χ0) is 13.8. The Morgan fingerprint density at radius 3 is 2.61 bits per heavy atom. The molecule has 0 aliphatic heterocycles. The van der Waals surface area contributed by atoms with Gasteiger partial charge in [-0.2, -0.15) is 0 Å². The van der Waals surface area contributed by atoms with Crippen molar-refractivity contribution in [3.8, 4) is 0 Å². The molecule has 1 aliphatic rings. The predicted octanol–water partition coefficient (Wildman–Crippen LogP) is 4.19. The van der Waals surface area contributed by atoms with Gasteiger partial charge < -0.3 is 4.74 Å². The van der Waals surface area contributed by atoms with Crippen molar-refractivity contribution in [3.63, 3.8) is 0 Å². The van der Waals surface area contributed by atoms with Gasteiger partial charge in [-0.05, 0) is 49.7 Å². The first-order valence-corrected chi connectivity index (χ1v) is 6.51. The first-order chi connectivity index (χ1) is 8.36. The van der Waals surface area contributed by atoms with Crippen LogP contribution < -0.4 is 0 Å². The van der Waals surface area contributed by atoms with E-state index in [9.17, 15) is 4.79 Å². The summed E-state index contributed by atoms with van der Waals surface area (Å²) < 4.78 is 4.61. The smallest absolute Gasteiger partial charge is 0.330 e. The molecule has 0 saturated carbocycles. The molecule has 1 aliphatic carbocycles. The number of carbonyl (C=O) groups excluding carboxylic acids is 1. The fourth-order valence-electron chi connectivity index (χ4n) is 2.52. The largest absolute Gasteiger partial charge is 0.466 e. The van der Waals surface area contributed by atoms with Crippen LogP contribution in [0.1, 0.15) is 47.0 Å². The van der Waals surface area contributed by atoms with E-state index in [1.807, 2.05) is 13.0 Å². The van der Waals surface area contributed by atoms with E-state index in [4.69, 9.17) is 0 Å². The summed E-state index contributed by atoms with van der Waals surface area (Å²) in [6.07, 6.45) is 9.36. The van der Waals surface area contributed by atoms with Crippen molar-refractivity contribution >= 4 is 5.97 Å². The molecule has 100 valence electrons. The highest BCUT2D eigenvalue weighted by Gasteiger charge is 2.26. The zero-order valence-corrected chi connectivity index (χ0v) is 12.2. The topological polar surface area (TPSA) is 26.3 Å². The summed E-state index contributed by atoms with van der Waals surface area (Å²) in [6.45, 7) is 8.70. The lowest BCUT2D eigenvalue weighted by Gasteiger charge is -2.32. The molecule has 18 heavy (non-hydrogen) atoms. The molecular formula is C16H24O2. The third-order valence-corrected chi connectivity index (χ3v) is 3.60. The third kappa shape index (κ3) is 3.86. The maximum atomic E-state index is 11.1. The molecule has 0 N–H and O–H groups in total. The summed E-state index contributed by atoms with van der Waals surface area (Å²) in [6, 6.07) is 0. The molecule has 1 rings (SSSR count). The van der Waals surface area contributed by atoms with Crippen LogP contribution in [0.5, 0.6) is 0 Å². The Bertz CT molecular complexity index is 409. The number of allylic oxidation sites excluding steroid dienone is 5. The van der Waals surface area contributed by atoms with Crippen LogP contribution in [-0.4, -0.2) is 13.1 Å². The molecule has 0 radical (unpaired) electrons. The number of esters is 1. The first kappa shape index (κ1) is 14.7. The number of methoxy groups -OCH3 is 1. The highest BCUT2D eigenvalue weighted by atomic mass is 16.5. The molecule has 0 aromatic heterocycles. The lowest BCUT2D eigenvalue weighted by Crippen LogP contribution is -2.19. The van der Waals surface area contributed by atoms with Crippen LogP contribution in [0, 0.1) is 5.41 Å². The Kier molecular flexibility index (Phi) is 4.94. The third-order valence-electron chi connectivity index (χ3n) is 3.60. The monoisotopic (exact) mass is 248 g/mol. The van der Waals surface area contributed by atoms with E-state index in [2.05, 4.69) is 31.6 Å². The number of ether oxygens (including phenoxy) is 1. The van der Waals surface area contributed by atoms with Gasteiger partial charge in [0.05, 0.1) is 7.11 Å². The highest BCUT2D eigenvalue weighted by Crippen LogP contribution is 2.40. The molecule has 0 spiro atoms. The molecule has 0 unspecified atom stereocenters. The SMILES string of the molecule is COC(=O)/C=C(C)\C=C\C1=C(C)CCCC1(C)C. The second-order valence-corrected chi connectivity index (χ2v) is 5.68. The summed E-state index contributed by atoms with van der Waals surface area (Å²) in [7, 11) is 1.40. The average molecular weight is 248 g/mol. The molecule has 0 saturated heterocycles. The van der Waals surface area contributed by atoms with Gasteiger partial charge >= 0.3 is 5.97 Å². The van der Waals surface area contributed by atoms with Crippen LogP contribution in [0.25, 0.3) is 0 Å². The van der Waals surface area contributed by atoms with E-state index in [0.29, 0.717) is 0 Å². The summed E-state index contributed by atoms with van der Waals surface area (Å²) >= 11 is 0. The second kappa shape index (κ2) is 6.03. The van der Waals surface area contributed by atoms with Crippen molar-refractivity contribution in [2.45, 2.75) is 47.0 Å². The molecule has 0 heterocycles. The number of rotatable bonds is 3. The van der Waals surface area contributed by atoms with E-state index in [1.165, 1.54) is 43.6 Å². The lowest BCUT2D eigenvalue weighted by atomic mass is 9.72. The maximum Gasteiger partial charge on any atom is 0.330 e. The predicted molar refractivity (Wildman–Crippen MR) is 75.2 cm³/mol. The average Bonchev–Trinajstić information content (AvgIpc) is 2.27. The second-order valence-electron chi connectivity index (χ2n) is 5.68. The molecule has 0 aromatic rings. The maximum absolute atomic E-state index is 11.1. The Balaban J connectivity index is 2.89. The van der Waals surface area contributed by atoms with Gasteiger partial charge in [0.1, 0.15) is 0 Å². The summed E-state index contributed by atoms with van der Waals surface area (Å²) in [4.78, 5) is 11.1. The van der Waals surface area contributed by atoms with Gasteiger partial charge in [0.15, 0.2) is 0 Å². The van der Waals surface area contributed by atoms with Crippen molar-refractivity contribution in [2.24, 2.45) is 5.41 Å². The fourth-order valence-corrected chi connectivity index (χ4v) is 2.52. The summed E-state index contributed by atoms with van der Waals surface area (Å²) in [5.74, 6) is -0.300.